The Balaban J connectivity index is 1.14. The normalized spacial score (nSPS) is 17.2. The lowest BCUT2D eigenvalue weighted by Gasteiger charge is -2.37. The third kappa shape index (κ3) is 5.76. The highest BCUT2D eigenvalue weighted by Crippen LogP contribution is 2.34. The Morgan fingerprint density at radius 3 is 2.05 bits per heavy atom. The number of sulfonamides is 1. The highest BCUT2D eigenvalue weighted by Gasteiger charge is 2.30. The molecule has 9 nitrogen and oxygen atoms in total. The van der Waals surface area contributed by atoms with Gasteiger partial charge in [0.25, 0.3) is 5.69 Å². The lowest BCUT2D eigenvalue weighted by molar-refractivity contribution is -0.384. The first-order valence-electron chi connectivity index (χ1n) is 13.9. The molecule has 0 unspecified atom stereocenters. The van der Waals surface area contributed by atoms with Crippen molar-refractivity contribution in [3.8, 4) is 0 Å². The lowest BCUT2D eigenvalue weighted by Crippen LogP contribution is -2.49. The van der Waals surface area contributed by atoms with Crippen LogP contribution in [0.4, 0.5) is 17.1 Å². The van der Waals surface area contributed by atoms with E-state index in [1.165, 1.54) is 9.87 Å². The third-order valence-electron chi connectivity index (χ3n) is 8.08. The van der Waals surface area contributed by atoms with Crippen LogP contribution in [-0.2, 0) is 16.6 Å². The molecule has 0 saturated carbocycles. The maximum atomic E-state index is 13.4. The first-order valence-corrected chi connectivity index (χ1v) is 15.4. The maximum absolute atomic E-state index is 13.4. The van der Waals surface area contributed by atoms with Crippen molar-refractivity contribution in [3.63, 3.8) is 0 Å². The fourth-order valence-corrected chi connectivity index (χ4v) is 7.23. The molecule has 10 heteroatoms. The van der Waals surface area contributed by atoms with Crippen LogP contribution in [0.15, 0.2) is 95.9 Å². The SMILES string of the molecule is O=[N+]([O-])c1ccc(N2CCN(S(=O)(=O)c3ccc4ccccc4c3)CC2)cc1N1CCN(Cc2ccccc2)CC1. The van der Waals surface area contributed by atoms with Crippen LogP contribution in [0.1, 0.15) is 5.56 Å². The fraction of sp³-hybridized carbons (Fsp3) is 0.290. The van der Waals surface area contributed by atoms with Crippen LogP contribution in [0.2, 0.25) is 0 Å². The van der Waals surface area contributed by atoms with Crippen LogP contribution in [0.3, 0.4) is 0 Å². The van der Waals surface area contributed by atoms with Gasteiger partial charge in [0.2, 0.25) is 10.0 Å². The van der Waals surface area contributed by atoms with E-state index in [0.29, 0.717) is 49.9 Å². The molecule has 0 amide bonds. The zero-order chi connectivity index (χ0) is 28.4. The molecule has 0 aliphatic carbocycles. The van der Waals surface area contributed by atoms with E-state index in [4.69, 9.17) is 0 Å². The Labute approximate surface area is 240 Å². The minimum Gasteiger partial charge on any atom is -0.369 e. The standard InChI is InChI=1S/C31H33N5O4S/c37-36(38)30-13-11-28(23-31(30)34-16-14-32(15-17-34)24-25-6-2-1-3-7-25)33-18-20-35(21-19-33)41(39,40)29-12-10-26-8-4-5-9-27(26)22-29/h1-13,22-23H,14-21,24H2. The van der Waals surface area contributed by atoms with Crippen LogP contribution in [0, 0.1) is 10.1 Å². The smallest absolute Gasteiger partial charge is 0.292 e. The Kier molecular flexibility index (Phi) is 7.61. The summed E-state index contributed by atoms with van der Waals surface area (Å²) in [4.78, 5) is 18.5. The summed E-state index contributed by atoms with van der Waals surface area (Å²) in [6.07, 6.45) is 0. The van der Waals surface area contributed by atoms with E-state index in [0.717, 1.165) is 36.1 Å². The van der Waals surface area contributed by atoms with Crippen LogP contribution in [0.5, 0.6) is 0 Å². The molecule has 4 aromatic rings. The molecular weight excluding hydrogens is 538 g/mol. The number of piperazine rings is 2. The highest BCUT2D eigenvalue weighted by molar-refractivity contribution is 7.89. The minimum absolute atomic E-state index is 0.0998. The van der Waals surface area contributed by atoms with Gasteiger partial charge in [0.1, 0.15) is 5.69 Å². The van der Waals surface area contributed by atoms with Crippen molar-refractivity contribution in [2.75, 3.05) is 62.2 Å². The molecule has 41 heavy (non-hydrogen) atoms. The van der Waals surface area contributed by atoms with Crippen molar-refractivity contribution < 1.29 is 13.3 Å². The maximum Gasteiger partial charge on any atom is 0.292 e. The summed E-state index contributed by atoms with van der Waals surface area (Å²) in [7, 11) is -3.63. The van der Waals surface area contributed by atoms with Crippen molar-refractivity contribution >= 4 is 37.9 Å². The van der Waals surface area contributed by atoms with Crippen molar-refractivity contribution in [3.05, 3.63) is 107 Å². The third-order valence-corrected chi connectivity index (χ3v) is 9.97. The molecule has 0 aromatic heterocycles. The Hall–Kier alpha value is -3.99. The summed E-state index contributed by atoms with van der Waals surface area (Å²) in [5, 5.41) is 13.8. The molecular formula is C31H33N5O4S. The molecule has 2 heterocycles. The van der Waals surface area contributed by atoms with Gasteiger partial charge in [-0.05, 0) is 40.6 Å². The molecule has 2 aliphatic heterocycles. The van der Waals surface area contributed by atoms with Crippen molar-refractivity contribution in [1.29, 1.82) is 0 Å². The van der Waals surface area contributed by atoms with Gasteiger partial charge in [-0.25, -0.2) is 8.42 Å². The number of benzene rings is 4. The van der Waals surface area contributed by atoms with Crippen molar-refractivity contribution in [2.24, 2.45) is 0 Å². The number of anilines is 2. The molecule has 0 bridgehead atoms. The highest BCUT2D eigenvalue weighted by atomic mass is 32.2. The summed E-state index contributed by atoms with van der Waals surface area (Å²) in [5.74, 6) is 0. The lowest BCUT2D eigenvalue weighted by atomic mass is 10.1. The number of nitrogens with zero attached hydrogens (tertiary/aromatic N) is 5. The van der Waals surface area contributed by atoms with Crippen LogP contribution >= 0.6 is 0 Å². The van der Waals surface area contributed by atoms with Gasteiger partial charge in [0.05, 0.1) is 9.82 Å². The second-order valence-corrected chi connectivity index (χ2v) is 12.5. The van der Waals surface area contributed by atoms with Gasteiger partial charge >= 0.3 is 0 Å². The van der Waals surface area contributed by atoms with E-state index < -0.39 is 10.0 Å². The van der Waals surface area contributed by atoms with Gasteiger partial charge in [-0.2, -0.15) is 4.31 Å². The molecule has 0 atom stereocenters. The summed E-state index contributed by atoms with van der Waals surface area (Å²) in [5.41, 5.74) is 2.86. The summed E-state index contributed by atoms with van der Waals surface area (Å²) < 4.78 is 28.4. The molecule has 0 spiro atoms. The number of fused-ring (bicyclic) bond motifs is 1. The molecule has 2 saturated heterocycles. The number of nitro benzene ring substituents is 1. The largest absolute Gasteiger partial charge is 0.369 e. The molecule has 0 radical (unpaired) electrons. The van der Waals surface area contributed by atoms with E-state index in [1.807, 2.05) is 54.6 Å². The molecule has 2 aliphatic rings. The number of nitro groups is 1. The van der Waals surface area contributed by atoms with E-state index in [-0.39, 0.29) is 10.6 Å². The molecule has 4 aromatic carbocycles. The van der Waals surface area contributed by atoms with Gasteiger partial charge in [-0.1, -0.05) is 60.7 Å². The predicted molar refractivity (Wildman–Crippen MR) is 162 cm³/mol. The van der Waals surface area contributed by atoms with Gasteiger partial charge < -0.3 is 9.80 Å². The molecule has 2 fully saturated rings. The average Bonchev–Trinajstić information content (AvgIpc) is 3.01. The number of hydrogen-bond donors (Lipinski definition) is 0. The first kappa shape index (κ1) is 27.2. The van der Waals surface area contributed by atoms with E-state index in [2.05, 4.69) is 26.8 Å². The second-order valence-electron chi connectivity index (χ2n) is 10.6. The first-order chi connectivity index (χ1) is 19.9. The monoisotopic (exact) mass is 571 g/mol. The van der Waals surface area contributed by atoms with E-state index in [9.17, 15) is 18.5 Å². The fourth-order valence-electron chi connectivity index (χ4n) is 5.77. The van der Waals surface area contributed by atoms with Crippen LogP contribution in [-0.4, -0.2) is 74.9 Å². The predicted octanol–water partition coefficient (Wildman–Crippen LogP) is 4.58. The van der Waals surface area contributed by atoms with Gasteiger partial charge in [-0.15, -0.1) is 0 Å². The van der Waals surface area contributed by atoms with Gasteiger partial charge in [0.15, 0.2) is 0 Å². The molecule has 6 rings (SSSR count). The zero-order valence-corrected chi connectivity index (χ0v) is 23.6. The average molecular weight is 572 g/mol. The van der Waals surface area contributed by atoms with Crippen molar-refractivity contribution in [1.82, 2.24) is 9.21 Å². The van der Waals surface area contributed by atoms with Crippen LogP contribution in [0.25, 0.3) is 10.8 Å². The minimum atomic E-state index is -3.63. The Morgan fingerprint density at radius 1 is 0.683 bits per heavy atom. The summed E-state index contributed by atoms with van der Waals surface area (Å²) in [6, 6.07) is 28.6. The molecule has 212 valence electrons. The van der Waals surface area contributed by atoms with Gasteiger partial charge in [-0.3, -0.25) is 15.0 Å². The molecule has 0 N–H and O–H groups in total. The summed E-state index contributed by atoms with van der Waals surface area (Å²) >= 11 is 0. The Bertz CT molecular complexity index is 1650. The summed E-state index contributed by atoms with van der Waals surface area (Å²) in [6.45, 7) is 5.62. The number of rotatable bonds is 7. The zero-order valence-electron chi connectivity index (χ0n) is 22.8. The van der Waals surface area contributed by atoms with E-state index >= 15 is 0 Å². The topological polar surface area (TPSA) is 90.2 Å². The van der Waals surface area contributed by atoms with Crippen LogP contribution < -0.4 is 9.80 Å². The second kappa shape index (κ2) is 11.5. The number of hydrogen-bond acceptors (Lipinski definition) is 7. The quantitative estimate of drug-likeness (QED) is 0.237. The Morgan fingerprint density at radius 2 is 1.34 bits per heavy atom. The van der Waals surface area contributed by atoms with Gasteiger partial charge in [0, 0.05) is 70.7 Å². The van der Waals surface area contributed by atoms with E-state index in [1.54, 1.807) is 24.3 Å². The van der Waals surface area contributed by atoms with Crippen molar-refractivity contribution in [2.45, 2.75) is 11.4 Å².